The molecule has 23 heavy (non-hydrogen) atoms. The molecule has 1 saturated heterocycles. The van der Waals surface area contributed by atoms with Crippen LogP contribution in [0.3, 0.4) is 0 Å². The minimum absolute atomic E-state index is 0.239. The predicted octanol–water partition coefficient (Wildman–Crippen LogP) is 2.00. The van der Waals surface area contributed by atoms with Gasteiger partial charge in [0.2, 0.25) is 5.95 Å². The maximum absolute atomic E-state index is 12.8. The van der Waals surface area contributed by atoms with Crippen LogP contribution in [0, 0.1) is 0 Å². The highest BCUT2D eigenvalue weighted by Crippen LogP contribution is 2.25. The molecule has 2 aromatic rings. The first-order chi connectivity index (χ1) is 10.9. The summed E-state index contributed by atoms with van der Waals surface area (Å²) in [7, 11) is 0. The van der Waals surface area contributed by atoms with E-state index in [4.69, 9.17) is 0 Å². The molecule has 5 nitrogen and oxygen atoms in total. The first-order valence-corrected chi connectivity index (χ1v) is 7.41. The van der Waals surface area contributed by atoms with Gasteiger partial charge >= 0.3 is 6.18 Å². The zero-order valence-electron chi connectivity index (χ0n) is 12.6. The van der Waals surface area contributed by atoms with E-state index in [2.05, 4.69) is 9.97 Å². The molecule has 0 amide bonds. The molecule has 1 atom stereocenters. The molecule has 0 saturated carbocycles. The van der Waals surface area contributed by atoms with Gasteiger partial charge in [0.25, 0.3) is 5.56 Å². The molecule has 1 aliphatic rings. The number of benzene rings is 1. The molecular formula is C15H17F3N4O. The number of hydrogen-bond acceptors (Lipinski definition) is 4. The summed E-state index contributed by atoms with van der Waals surface area (Å²) in [6, 6.07) is 5.52. The third-order valence-electron chi connectivity index (χ3n) is 4.24. The summed E-state index contributed by atoms with van der Waals surface area (Å²) in [4.78, 5) is 22.4. The molecule has 0 aliphatic carbocycles. The van der Waals surface area contributed by atoms with Gasteiger partial charge in [-0.3, -0.25) is 14.7 Å². The number of nitrogens with one attached hydrogen (secondary N) is 1. The lowest BCUT2D eigenvalue weighted by atomic mass is 10.2. The molecule has 124 valence electrons. The van der Waals surface area contributed by atoms with Gasteiger partial charge in [-0.2, -0.15) is 13.2 Å². The van der Waals surface area contributed by atoms with Crippen LogP contribution in [0.15, 0.2) is 29.1 Å². The Morgan fingerprint density at radius 2 is 1.83 bits per heavy atom. The predicted molar refractivity (Wildman–Crippen MR) is 81.7 cm³/mol. The molecule has 1 aliphatic heterocycles. The van der Waals surface area contributed by atoms with E-state index in [9.17, 15) is 18.0 Å². The monoisotopic (exact) mass is 326 g/mol. The summed E-state index contributed by atoms with van der Waals surface area (Å²) < 4.78 is 38.3. The largest absolute Gasteiger partial charge is 0.403 e. The van der Waals surface area contributed by atoms with Gasteiger partial charge in [-0.1, -0.05) is 12.1 Å². The number of hydrogen-bond donors (Lipinski definition) is 1. The number of nitrogens with zero attached hydrogens (tertiary/aromatic N) is 3. The van der Waals surface area contributed by atoms with Crippen molar-refractivity contribution in [2.45, 2.75) is 19.1 Å². The number of H-pyrrole nitrogens is 1. The normalized spacial score (nSPS) is 18.3. The van der Waals surface area contributed by atoms with Crippen LogP contribution in [0.25, 0.3) is 10.9 Å². The lowest BCUT2D eigenvalue weighted by Crippen LogP contribution is -2.54. The lowest BCUT2D eigenvalue weighted by Gasteiger charge is -2.38. The smallest absolute Gasteiger partial charge is 0.340 e. The average molecular weight is 326 g/mol. The van der Waals surface area contributed by atoms with Crippen LogP contribution in [0.2, 0.25) is 0 Å². The van der Waals surface area contributed by atoms with Crippen molar-refractivity contribution < 1.29 is 13.2 Å². The van der Waals surface area contributed by atoms with E-state index < -0.39 is 12.2 Å². The van der Waals surface area contributed by atoms with Crippen molar-refractivity contribution in [3.63, 3.8) is 0 Å². The Morgan fingerprint density at radius 1 is 1.17 bits per heavy atom. The van der Waals surface area contributed by atoms with Crippen LogP contribution in [0.1, 0.15) is 6.92 Å². The fourth-order valence-corrected chi connectivity index (χ4v) is 2.75. The zero-order valence-corrected chi connectivity index (χ0v) is 12.6. The summed E-state index contributed by atoms with van der Waals surface area (Å²) in [5, 5.41) is 0.501. The van der Waals surface area contributed by atoms with Crippen LogP contribution in [-0.4, -0.2) is 53.3 Å². The van der Waals surface area contributed by atoms with Gasteiger partial charge in [-0.25, -0.2) is 4.98 Å². The van der Waals surface area contributed by atoms with Crippen molar-refractivity contribution in [1.82, 2.24) is 14.9 Å². The third-order valence-corrected chi connectivity index (χ3v) is 4.24. The Morgan fingerprint density at radius 3 is 2.48 bits per heavy atom. The minimum atomic E-state index is -4.22. The van der Waals surface area contributed by atoms with Gasteiger partial charge in [0.15, 0.2) is 0 Å². The molecule has 8 heteroatoms. The molecule has 1 N–H and O–H groups in total. The number of halogens is 3. The van der Waals surface area contributed by atoms with Gasteiger partial charge in [0, 0.05) is 26.2 Å². The van der Waals surface area contributed by atoms with Gasteiger partial charge in [0.1, 0.15) is 6.04 Å². The summed E-state index contributed by atoms with van der Waals surface area (Å²) in [5.41, 5.74) is 0.342. The second-order valence-electron chi connectivity index (χ2n) is 5.65. The lowest BCUT2D eigenvalue weighted by molar-refractivity contribution is -0.179. The van der Waals surface area contributed by atoms with Crippen molar-refractivity contribution >= 4 is 16.9 Å². The minimum Gasteiger partial charge on any atom is -0.340 e. The Hall–Kier alpha value is -2.09. The number of para-hydroxylation sites is 1. The molecule has 0 unspecified atom stereocenters. The quantitative estimate of drug-likeness (QED) is 0.917. The van der Waals surface area contributed by atoms with Crippen molar-refractivity contribution in [3.8, 4) is 0 Å². The number of alkyl halides is 3. The molecule has 1 aromatic carbocycles. The van der Waals surface area contributed by atoms with Crippen molar-refractivity contribution in [3.05, 3.63) is 34.6 Å². The van der Waals surface area contributed by atoms with Gasteiger partial charge < -0.3 is 4.90 Å². The van der Waals surface area contributed by atoms with Crippen LogP contribution in [0.4, 0.5) is 19.1 Å². The second kappa shape index (κ2) is 5.84. The van der Waals surface area contributed by atoms with E-state index in [1.165, 1.54) is 11.8 Å². The fourth-order valence-electron chi connectivity index (χ4n) is 2.75. The molecule has 1 aromatic heterocycles. The maximum atomic E-state index is 12.8. The summed E-state index contributed by atoms with van der Waals surface area (Å²) in [6.45, 7) is 2.50. The number of anilines is 1. The van der Waals surface area contributed by atoms with E-state index in [0.717, 1.165) is 0 Å². The van der Waals surface area contributed by atoms with Gasteiger partial charge in [-0.05, 0) is 19.1 Å². The molecular weight excluding hydrogens is 309 g/mol. The topological polar surface area (TPSA) is 52.2 Å². The highest BCUT2D eigenvalue weighted by molar-refractivity contribution is 5.78. The number of aromatic nitrogens is 2. The third kappa shape index (κ3) is 3.17. The number of rotatable bonds is 2. The number of fused-ring (bicyclic) bond motifs is 1. The van der Waals surface area contributed by atoms with E-state index in [1.807, 2.05) is 4.90 Å². The van der Waals surface area contributed by atoms with Gasteiger partial charge in [-0.15, -0.1) is 0 Å². The highest BCUT2D eigenvalue weighted by atomic mass is 19.4. The Bertz CT molecular complexity index is 750. The Labute approximate surface area is 130 Å². The Balaban J connectivity index is 1.77. The standard InChI is InChI=1S/C15H17F3N4O/c1-10(15(16,17)18)21-6-8-22(9-7-21)14-19-12-5-3-2-4-11(12)13(23)20-14/h2-5,10H,6-9H2,1H3,(H,19,20,23)/t10-/m1/s1. The molecule has 0 spiro atoms. The number of aromatic amines is 1. The van der Waals surface area contributed by atoms with Crippen LogP contribution < -0.4 is 10.5 Å². The SMILES string of the molecule is C[C@@H](N1CCN(c2nc3ccccc3c(=O)[nH]2)CC1)C(F)(F)F. The van der Waals surface area contributed by atoms with E-state index in [1.54, 1.807) is 24.3 Å². The van der Waals surface area contributed by atoms with Crippen LogP contribution in [0.5, 0.6) is 0 Å². The molecule has 3 rings (SSSR count). The summed E-state index contributed by atoms with van der Waals surface area (Å²) in [6.07, 6.45) is -4.22. The molecule has 0 bridgehead atoms. The van der Waals surface area contributed by atoms with Crippen molar-refractivity contribution in [2.75, 3.05) is 31.1 Å². The summed E-state index contributed by atoms with van der Waals surface area (Å²) in [5.74, 6) is 0.410. The van der Waals surface area contributed by atoms with Crippen molar-refractivity contribution in [2.24, 2.45) is 0 Å². The van der Waals surface area contributed by atoms with E-state index in [-0.39, 0.29) is 18.6 Å². The highest BCUT2D eigenvalue weighted by Gasteiger charge is 2.40. The van der Waals surface area contributed by atoms with E-state index >= 15 is 0 Å². The van der Waals surface area contributed by atoms with Crippen molar-refractivity contribution in [1.29, 1.82) is 0 Å². The fraction of sp³-hybridized carbons (Fsp3) is 0.467. The maximum Gasteiger partial charge on any atom is 0.403 e. The van der Waals surface area contributed by atoms with Gasteiger partial charge in [0.05, 0.1) is 10.9 Å². The molecule has 0 radical (unpaired) electrons. The molecule has 2 heterocycles. The first-order valence-electron chi connectivity index (χ1n) is 7.41. The first kappa shape index (κ1) is 15.8. The number of piperazine rings is 1. The van der Waals surface area contributed by atoms with Crippen LogP contribution in [-0.2, 0) is 0 Å². The average Bonchev–Trinajstić information content (AvgIpc) is 2.53. The van der Waals surface area contributed by atoms with E-state index in [0.29, 0.717) is 29.9 Å². The Kier molecular flexibility index (Phi) is 4.01. The summed E-state index contributed by atoms with van der Waals surface area (Å²) >= 11 is 0. The zero-order chi connectivity index (χ0) is 16.6. The molecule has 1 fully saturated rings. The van der Waals surface area contributed by atoms with Crippen LogP contribution >= 0.6 is 0 Å². The second-order valence-corrected chi connectivity index (χ2v) is 5.65.